The Labute approximate surface area is 167 Å². The molecule has 1 aromatic heterocycles. The first-order chi connectivity index (χ1) is 13.6. The number of rotatable bonds is 5. The van der Waals surface area contributed by atoms with Gasteiger partial charge in [0.15, 0.2) is 0 Å². The maximum atomic E-state index is 13.4. The lowest BCUT2D eigenvalue weighted by Crippen LogP contribution is -2.32. The van der Waals surface area contributed by atoms with Crippen molar-refractivity contribution in [2.24, 2.45) is 0 Å². The highest BCUT2D eigenvalue weighted by Gasteiger charge is 2.40. The molecular weight excluding hydrogens is 370 g/mol. The van der Waals surface area contributed by atoms with Crippen LogP contribution in [0.5, 0.6) is 0 Å². The van der Waals surface area contributed by atoms with Gasteiger partial charge in [-0.1, -0.05) is 42.5 Å². The van der Waals surface area contributed by atoms with E-state index in [4.69, 9.17) is 4.42 Å². The zero-order chi connectivity index (χ0) is 19.7. The van der Waals surface area contributed by atoms with Crippen LogP contribution in [-0.2, 0) is 15.3 Å². The molecule has 0 spiro atoms. The van der Waals surface area contributed by atoms with Crippen LogP contribution in [0.3, 0.4) is 0 Å². The number of imide groups is 1. The van der Waals surface area contributed by atoms with Gasteiger partial charge in [0, 0.05) is 0 Å². The second kappa shape index (κ2) is 7.52. The SMILES string of the molecule is Cc1cccc(N2C(=O)C(SCc3ccco3)=C(c3ccccc3)C2=O)c1C. The Hall–Kier alpha value is -3.05. The third-order valence-electron chi connectivity index (χ3n) is 4.86. The Morgan fingerprint density at radius 3 is 2.39 bits per heavy atom. The summed E-state index contributed by atoms with van der Waals surface area (Å²) < 4.78 is 5.39. The minimum Gasteiger partial charge on any atom is -0.468 e. The summed E-state index contributed by atoms with van der Waals surface area (Å²) in [5.74, 6) is 0.675. The Balaban J connectivity index is 1.78. The monoisotopic (exact) mass is 389 g/mol. The minimum absolute atomic E-state index is 0.283. The first kappa shape index (κ1) is 18.3. The van der Waals surface area contributed by atoms with Crippen LogP contribution in [0.25, 0.3) is 5.57 Å². The molecule has 0 saturated heterocycles. The summed E-state index contributed by atoms with van der Waals surface area (Å²) in [5.41, 5.74) is 3.79. The van der Waals surface area contributed by atoms with Crippen molar-refractivity contribution in [1.29, 1.82) is 0 Å². The van der Waals surface area contributed by atoms with E-state index in [9.17, 15) is 9.59 Å². The van der Waals surface area contributed by atoms with E-state index < -0.39 is 0 Å². The molecule has 4 rings (SSSR count). The van der Waals surface area contributed by atoms with Crippen molar-refractivity contribution >= 4 is 34.8 Å². The van der Waals surface area contributed by atoms with Gasteiger partial charge in [-0.2, -0.15) is 0 Å². The van der Waals surface area contributed by atoms with Gasteiger partial charge in [0.1, 0.15) is 5.76 Å². The van der Waals surface area contributed by atoms with Crippen LogP contribution in [0.15, 0.2) is 76.2 Å². The van der Waals surface area contributed by atoms with Crippen LogP contribution in [0.4, 0.5) is 5.69 Å². The predicted molar refractivity (Wildman–Crippen MR) is 112 cm³/mol. The number of thioether (sulfide) groups is 1. The van der Waals surface area contributed by atoms with Crippen molar-refractivity contribution in [3.63, 3.8) is 0 Å². The quantitative estimate of drug-likeness (QED) is 0.569. The van der Waals surface area contributed by atoms with Gasteiger partial charge in [-0.3, -0.25) is 9.59 Å². The summed E-state index contributed by atoms with van der Waals surface area (Å²) >= 11 is 1.34. The highest BCUT2D eigenvalue weighted by molar-refractivity contribution is 8.03. The third-order valence-corrected chi connectivity index (χ3v) is 5.96. The molecule has 2 heterocycles. The molecular formula is C23H19NO3S. The number of aryl methyl sites for hydroxylation is 1. The molecule has 0 unspecified atom stereocenters. The largest absolute Gasteiger partial charge is 0.468 e. The Morgan fingerprint density at radius 2 is 1.68 bits per heavy atom. The minimum atomic E-state index is -0.285. The van der Waals surface area contributed by atoms with Crippen molar-refractivity contribution in [2.45, 2.75) is 19.6 Å². The van der Waals surface area contributed by atoms with Crippen molar-refractivity contribution in [2.75, 3.05) is 4.90 Å². The van der Waals surface area contributed by atoms with E-state index in [1.165, 1.54) is 16.7 Å². The number of furan rings is 1. The van der Waals surface area contributed by atoms with E-state index in [-0.39, 0.29) is 11.8 Å². The van der Waals surface area contributed by atoms with Crippen molar-refractivity contribution in [3.05, 3.63) is 94.3 Å². The first-order valence-corrected chi connectivity index (χ1v) is 9.96. The normalized spacial score (nSPS) is 14.3. The molecule has 0 bridgehead atoms. The fourth-order valence-corrected chi connectivity index (χ4v) is 4.25. The summed E-state index contributed by atoms with van der Waals surface area (Å²) in [4.78, 5) is 28.4. The average Bonchev–Trinajstić information content (AvgIpc) is 3.30. The standard InChI is InChI=1S/C23H19NO3S/c1-15-8-6-12-19(16(15)2)24-22(25)20(17-9-4-3-5-10-17)21(23(24)26)28-14-18-11-7-13-27-18/h3-13H,14H2,1-2H3. The van der Waals surface area contributed by atoms with Gasteiger partial charge in [-0.25, -0.2) is 4.90 Å². The summed E-state index contributed by atoms with van der Waals surface area (Å²) in [7, 11) is 0. The van der Waals surface area contributed by atoms with Crippen molar-refractivity contribution in [1.82, 2.24) is 0 Å². The lowest BCUT2D eigenvalue weighted by atomic mass is 10.1. The number of nitrogens with zero attached hydrogens (tertiary/aromatic N) is 1. The molecule has 0 fully saturated rings. The molecule has 0 aliphatic carbocycles. The predicted octanol–water partition coefficient (Wildman–Crippen LogP) is 5.11. The third kappa shape index (κ3) is 3.18. The molecule has 0 radical (unpaired) electrons. The molecule has 3 aromatic rings. The van der Waals surface area contributed by atoms with Gasteiger partial charge >= 0.3 is 0 Å². The molecule has 0 atom stereocenters. The molecule has 2 amide bonds. The Bertz CT molecular complexity index is 1070. The fraction of sp³-hybridized carbons (Fsp3) is 0.130. The molecule has 1 aliphatic heterocycles. The number of benzene rings is 2. The van der Waals surface area contributed by atoms with Crippen LogP contribution >= 0.6 is 11.8 Å². The van der Waals surface area contributed by atoms with E-state index in [0.29, 0.717) is 21.9 Å². The van der Waals surface area contributed by atoms with Gasteiger partial charge < -0.3 is 4.42 Å². The average molecular weight is 389 g/mol. The molecule has 4 nitrogen and oxygen atoms in total. The summed E-state index contributed by atoms with van der Waals surface area (Å²) in [5, 5.41) is 0. The van der Waals surface area contributed by atoms with E-state index >= 15 is 0 Å². The van der Waals surface area contributed by atoms with E-state index in [1.807, 2.05) is 74.5 Å². The first-order valence-electron chi connectivity index (χ1n) is 8.98. The summed E-state index contributed by atoms with van der Waals surface area (Å²) in [6.07, 6.45) is 1.60. The molecule has 0 saturated carbocycles. The highest BCUT2D eigenvalue weighted by atomic mass is 32.2. The van der Waals surface area contributed by atoms with E-state index in [1.54, 1.807) is 6.26 Å². The number of amides is 2. The van der Waals surface area contributed by atoms with Gasteiger partial charge in [-0.05, 0) is 48.7 Å². The number of hydrogen-bond donors (Lipinski definition) is 0. The topological polar surface area (TPSA) is 50.5 Å². The summed E-state index contributed by atoms with van der Waals surface area (Å²) in [6, 6.07) is 18.7. The maximum Gasteiger partial charge on any atom is 0.272 e. The summed E-state index contributed by atoms with van der Waals surface area (Å²) in [6.45, 7) is 3.91. The maximum absolute atomic E-state index is 13.4. The lowest BCUT2D eigenvalue weighted by molar-refractivity contribution is -0.119. The van der Waals surface area contributed by atoms with Crippen LogP contribution in [-0.4, -0.2) is 11.8 Å². The fourth-order valence-electron chi connectivity index (χ4n) is 3.24. The van der Waals surface area contributed by atoms with Crippen LogP contribution in [0, 0.1) is 13.8 Å². The van der Waals surface area contributed by atoms with E-state index in [2.05, 4.69) is 0 Å². The van der Waals surface area contributed by atoms with Gasteiger partial charge in [-0.15, -0.1) is 11.8 Å². The number of carbonyl (C=O) groups is 2. The number of anilines is 1. The van der Waals surface area contributed by atoms with Crippen LogP contribution in [0.1, 0.15) is 22.5 Å². The second-order valence-corrected chi connectivity index (χ2v) is 7.59. The Morgan fingerprint density at radius 1 is 0.893 bits per heavy atom. The van der Waals surface area contributed by atoms with Crippen LogP contribution < -0.4 is 4.90 Å². The second-order valence-electron chi connectivity index (χ2n) is 6.60. The smallest absolute Gasteiger partial charge is 0.272 e. The zero-order valence-corrected chi connectivity index (χ0v) is 16.5. The highest BCUT2D eigenvalue weighted by Crippen LogP contribution is 2.40. The lowest BCUT2D eigenvalue weighted by Gasteiger charge is -2.19. The molecule has 5 heteroatoms. The van der Waals surface area contributed by atoms with Gasteiger partial charge in [0.2, 0.25) is 0 Å². The number of carbonyl (C=O) groups excluding carboxylic acids is 2. The molecule has 2 aromatic carbocycles. The van der Waals surface area contributed by atoms with Gasteiger partial charge in [0.05, 0.1) is 28.2 Å². The van der Waals surface area contributed by atoms with Crippen LogP contribution in [0.2, 0.25) is 0 Å². The van der Waals surface area contributed by atoms with Gasteiger partial charge in [0.25, 0.3) is 11.8 Å². The molecule has 28 heavy (non-hydrogen) atoms. The molecule has 1 aliphatic rings. The zero-order valence-electron chi connectivity index (χ0n) is 15.6. The van der Waals surface area contributed by atoms with Crippen molar-refractivity contribution in [3.8, 4) is 0 Å². The van der Waals surface area contributed by atoms with E-state index in [0.717, 1.165) is 22.5 Å². The number of hydrogen-bond acceptors (Lipinski definition) is 4. The van der Waals surface area contributed by atoms with Crippen molar-refractivity contribution < 1.29 is 14.0 Å². The molecule has 0 N–H and O–H groups in total. The molecule has 140 valence electrons. The Kier molecular flexibility index (Phi) is 4.92.